The maximum Gasteiger partial charge on any atom is 0.414 e. The highest BCUT2D eigenvalue weighted by molar-refractivity contribution is 5.90. The fourth-order valence-corrected chi connectivity index (χ4v) is 3.59. The Balaban J connectivity index is 1.26. The van der Waals surface area contributed by atoms with E-state index < -0.39 is 18.0 Å². The van der Waals surface area contributed by atoms with Crippen LogP contribution in [0.25, 0.3) is 11.1 Å². The summed E-state index contributed by atoms with van der Waals surface area (Å²) in [6, 6.07) is 9.83. The van der Waals surface area contributed by atoms with Crippen LogP contribution in [0.1, 0.15) is 0 Å². The summed E-state index contributed by atoms with van der Waals surface area (Å²) in [5.74, 6) is 0.587. The molecule has 2 aliphatic heterocycles. The average molecular weight is 452 g/mol. The number of likely N-dealkylation sites (N-methyl/N-ethyl adjacent to an activating group) is 1. The van der Waals surface area contributed by atoms with E-state index in [-0.39, 0.29) is 13.2 Å². The standard InChI is InChI=1S/C22H21FN6O4/c1-27-7-8-28(14-25-27)20-5-2-15(11-24-20)18-4-3-16(10-19(18)23)29-12-17(33-22(29)30)13-31-21-6-9-32-26-21/h2-6,9-11,14,17H,7-8,12-13H2,1H3/t17-/m1/s1. The van der Waals surface area contributed by atoms with Crippen molar-refractivity contribution in [3.63, 3.8) is 0 Å². The number of cyclic esters (lactones) is 1. The van der Waals surface area contributed by atoms with Gasteiger partial charge in [-0.3, -0.25) is 9.91 Å². The Morgan fingerprint density at radius 3 is 2.82 bits per heavy atom. The third kappa shape index (κ3) is 4.43. The van der Waals surface area contributed by atoms with Gasteiger partial charge in [0.25, 0.3) is 5.88 Å². The zero-order valence-corrected chi connectivity index (χ0v) is 17.8. The first-order valence-electron chi connectivity index (χ1n) is 10.4. The van der Waals surface area contributed by atoms with Crippen LogP contribution in [-0.2, 0) is 4.74 Å². The second kappa shape index (κ2) is 8.77. The van der Waals surface area contributed by atoms with Crippen LogP contribution in [0.3, 0.4) is 0 Å². The number of aromatic nitrogens is 2. The molecule has 1 fully saturated rings. The van der Waals surface area contributed by atoms with Crippen LogP contribution < -0.4 is 14.5 Å². The number of anilines is 2. The molecule has 3 aromatic rings. The van der Waals surface area contributed by atoms with E-state index in [0.29, 0.717) is 22.7 Å². The van der Waals surface area contributed by atoms with Gasteiger partial charge >= 0.3 is 6.09 Å². The van der Waals surface area contributed by atoms with Crippen molar-refractivity contribution in [2.45, 2.75) is 6.10 Å². The first-order chi connectivity index (χ1) is 16.1. The number of carbonyl (C=O) groups excluding carboxylic acids is 1. The minimum atomic E-state index is -0.559. The highest BCUT2D eigenvalue weighted by atomic mass is 19.1. The Morgan fingerprint density at radius 1 is 1.21 bits per heavy atom. The molecule has 1 aromatic carbocycles. The van der Waals surface area contributed by atoms with Crippen LogP contribution in [-0.4, -0.2) is 67.0 Å². The van der Waals surface area contributed by atoms with E-state index in [1.807, 2.05) is 29.1 Å². The Bertz CT molecular complexity index is 1150. The summed E-state index contributed by atoms with van der Waals surface area (Å²) in [6.45, 7) is 1.91. The summed E-state index contributed by atoms with van der Waals surface area (Å²) in [5, 5.41) is 9.73. The predicted octanol–water partition coefficient (Wildman–Crippen LogP) is 2.98. The molecule has 0 N–H and O–H groups in total. The van der Waals surface area contributed by atoms with Gasteiger partial charge in [-0.15, -0.1) is 0 Å². The van der Waals surface area contributed by atoms with Gasteiger partial charge in [-0.2, -0.15) is 5.10 Å². The topological polar surface area (TPSA) is 96.5 Å². The first-order valence-corrected chi connectivity index (χ1v) is 10.4. The summed E-state index contributed by atoms with van der Waals surface area (Å²) in [4.78, 5) is 20.0. The maximum absolute atomic E-state index is 15.0. The summed E-state index contributed by atoms with van der Waals surface area (Å²) in [5.41, 5.74) is 1.43. The van der Waals surface area contributed by atoms with Crippen molar-refractivity contribution in [2.75, 3.05) is 43.1 Å². The number of halogens is 1. The molecule has 1 saturated heterocycles. The molecule has 0 bridgehead atoms. The zero-order valence-electron chi connectivity index (χ0n) is 17.8. The van der Waals surface area contributed by atoms with Gasteiger partial charge < -0.3 is 18.9 Å². The maximum atomic E-state index is 15.0. The van der Waals surface area contributed by atoms with Crippen molar-refractivity contribution in [1.29, 1.82) is 0 Å². The average Bonchev–Trinajstić information content (AvgIpc) is 3.48. The third-order valence-electron chi connectivity index (χ3n) is 5.38. The largest absolute Gasteiger partial charge is 0.471 e. The summed E-state index contributed by atoms with van der Waals surface area (Å²) >= 11 is 0. The lowest BCUT2D eigenvalue weighted by atomic mass is 10.1. The lowest BCUT2D eigenvalue weighted by molar-refractivity contribution is 0.102. The van der Waals surface area contributed by atoms with Crippen LogP contribution in [0.5, 0.6) is 5.88 Å². The van der Waals surface area contributed by atoms with Gasteiger partial charge in [0.1, 0.15) is 30.8 Å². The van der Waals surface area contributed by atoms with Crippen molar-refractivity contribution in [3.8, 4) is 17.0 Å². The molecule has 5 rings (SSSR count). The molecule has 11 heteroatoms. The van der Waals surface area contributed by atoms with E-state index in [2.05, 4.69) is 15.2 Å². The van der Waals surface area contributed by atoms with E-state index >= 15 is 0 Å². The number of hydrazone groups is 1. The molecule has 0 unspecified atom stereocenters. The smallest absolute Gasteiger partial charge is 0.414 e. The highest BCUT2D eigenvalue weighted by Crippen LogP contribution is 2.29. The molecule has 1 amide bonds. The lowest BCUT2D eigenvalue weighted by Gasteiger charge is -2.26. The van der Waals surface area contributed by atoms with Crippen molar-refractivity contribution in [3.05, 3.63) is 54.7 Å². The van der Waals surface area contributed by atoms with E-state index in [1.165, 1.54) is 17.2 Å². The first kappa shape index (κ1) is 20.7. The zero-order chi connectivity index (χ0) is 22.8. The monoisotopic (exact) mass is 452 g/mol. The van der Waals surface area contributed by atoms with Crippen LogP contribution in [0, 0.1) is 5.82 Å². The van der Waals surface area contributed by atoms with E-state index in [0.717, 1.165) is 18.9 Å². The number of nitrogens with zero attached hydrogens (tertiary/aromatic N) is 6. The quantitative estimate of drug-likeness (QED) is 0.563. The van der Waals surface area contributed by atoms with Crippen molar-refractivity contribution in [1.82, 2.24) is 15.1 Å². The molecule has 0 spiro atoms. The van der Waals surface area contributed by atoms with Crippen molar-refractivity contribution >= 4 is 23.9 Å². The Labute approximate surface area is 188 Å². The van der Waals surface area contributed by atoms with Gasteiger partial charge in [0, 0.05) is 37.0 Å². The lowest BCUT2D eigenvalue weighted by Crippen LogP contribution is -2.36. The predicted molar refractivity (Wildman–Crippen MR) is 118 cm³/mol. The molecule has 1 atom stereocenters. The Hall–Kier alpha value is -4.15. The van der Waals surface area contributed by atoms with Gasteiger partial charge in [-0.1, -0.05) is 0 Å². The van der Waals surface area contributed by atoms with Gasteiger partial charge in [-0.05, 0) is 35.5 Å². The molecule has 0 radical (unpaired) electrons. The fraction of sp³-hybridized carbons (Fsp3) is 0.273. The summed E-state index contributed by atoms with van der Waals surface area (Å²) < 4.78 is 30.4. The Morgan fingerprint density at radius 2 is 2.12 bits per heavy atom. The number of pyridine rings is 1. The SMILES string of the molecule is CN1CCN(c2ccc(-c3ccc(N4C[C@H](COc5ccon5)OC4=O)cc3F)cn2)C=N1. The van der Waals surface area contributed by atoms with E-state index in [4.69, 9.17) is 14.0 Å². The number of rotatable bonds is 6. The molecular formula is C22H21FN6O4. The normalized spacial score (nSPS) is 18.1. The van der Waals surface area contributed by atoms with Crippen molar-refractivity contribution < 1.29 is 23.2 Å². The number of ether oxygens (including phenoxy) is 2. The number of hydrogen-bond acceptors (Lipinski definition) is 9. The highest BCUT2D eigenvalue weighted by Gasteiger charge is 2.33. The number of amides is 1. The van der Waals surface area contributed by atoms with E-state index in [1.54, 1.807) is 30.7 Å². The molecule has 10 nitrogen and oxygen atoms in total. The second-order valence-corrected chi connectivity index (χ2v) is 7.64. The molecule has 0 saturated carbocycles. The van der Waals surface area contributed by atoms with Gasteiger partial charge in [0.2, 0.25) is 0 Å². The molecule has 170 valence electrons. The molecule has 33 heavy (non-hydrogen) atoms. The van der Waals surface area contributed by atoms with Gasteiger partial charge in [0.05, 0.1) is 18.8 Å². The molecular weight excluding hydrogens is 431 g/mol. The van der Waals surface area contributed by atoms with Gasteiger partial charge in [0.15, 0.2) is 6.10 Å². The number of benzene rings is 1. The van der Waals surface area contributed by atoms with Crippen LogP contribution in [0.2, 0.25) is 0 Å². The summed E-state index contributed by atoms with van der Waals surface area (Å²) in [7, 11) is 1.91. The van der Waals surface area contributed by atoms with Crippen LogP contribution in [0.15, 0.2) is 58.5 Å². The fourth-order valence-electron chi connectivity index (χ4n) is 3.59. The van der Waals surface area contributed by atoms with Gasteiger partial charge in [-0.25, -0.2) is 14.2 Å². The second-order valence-electron chi connectivity index (χ2n) is 7.64. The van der Waals surface area contributed by atoms with E-state index in [9.17, 15) is 9.18 Å². The Kier molecular flexibility index (Phi) is 5.51. The number of carbonyl (C=O) groups is 1. The molecule has 4 heterocycles. The van der Waals surface area contributed by atoms with Crippen LogP contribution in [0.4, 0.5) is 20.7 Å². The molecule has 2 aliphatic rings. The third-order valence-corrected chi connectivity index (χ3v) is 5.38. The minimum Gasteiger partial charge on any atom is -0.471 e. The minimum absolute atomic E-state index is 0.116. The molecule has 2 aromatic heterocycles. The molecule has 0 aliphatic carbocycles. The van der Waals surface area contributed by atoms with Crippen LogP contribution >= 0.6 is 0 Å². The van der Waals surface area contributed by atoms with Crippen molar-refractivity contribution in [2.24, 2.45) is 5.10 Å². The summed E-state index contributed by atoms with van der Waals surface area (Å²) in [6.07, 6.45) is 3.67. The number of hydrogen-bond donors (Lipinski definition) is 0.